The molecule has 0 radical (unpaired) electrons. The van der Waals surface area contributed by atoms with Crippen LogP contribution in [0.15, 0.2) is 72.6 Å². The zero-order valence-corrected chi connectivity index (χ0v) is 18.1. The molecule has 2 aromatic carbocycles. The molecule has 0 saturated heterocycles. The van der Waals surface area contributed by atoms with Gasteiger partial charge in [-0.25, -0.2) is 11.6 Å². The van der Waals surface area contributed by atoms with Crippen molar-refractivity contribution in [3.8, 4) is 5.69 Å². The van der Waals surface area contributed by atoms with Crippen LogP contribution < -0.4 is 0 Å². The minimum atomic E-state index is -0.826. The van der Waals surface area contributed by atoms with E-state index >= 15 is 0 Å². The summed E-state index contributed by atoms with van der Waals surface area (Å²) in [6, 6.07) is 14.5. The first kappa shape index (κ1) is 20.3. The van der Waals surface area contributed by atoms with Crippen LogP contribution >= 0.6 is 17.0 Å². The molecule has 128 valence electrons. The van der Waals surface area contributed by atoms with Gasteiger partial charge in [0.25, 0.3) is 0 Å². The average Bonchev–Trinajstić information content (AvgIpc) is 3.37. The predicted octanol–water partition coefficient (Wildman–Crippen LogP) is 6.60. The molecular weight excluding hydrogens is 430 g/mol. The molecule has 1 aromatic heterocycles. The topological polar surface area (TPSA) is 17.8 Å². The fourth-order valence-electron chi connectivity index (χ4n) is 2.58. The van der Waals surface area contributed by atoms with Crippen molar-refractivity contribution in [2.45, 2.75) is 26.2 Å². The Labute approximate surface area is 168 Å². The number of fused-ring (bicyclic) bond motifs is 1. The molecule has 0 spiro atoms. The van der Waals surface area contributed by atoms with Gasteiger partial charge in [0, 0.05) is 12.4 Å². The van der Waals surface area contributed by atoms with Crippen molar-refractivity contribution in [1.29, 1.82) is 0 Å². The first-order chi connectivity index (χ1) is 12.3. The molecule has 0 unspecified atom stereocenters. The minimum Gasteiger partial charge on any atom is -0.260 e. The number of hydrogen-bond acceptors (Lipinski definition) is 1. The normalized spacial score (nSPS) is 11.9. The molecule has 0 N–H and O–H groups in total. The maximum absolute atomic E-state index is 4.93. The molecule has 4 rings (SSSR count). The second-order valence-electron chi connectivity index (χ2n) is 5.42. The Morgan fingerprint density at radius 3 is 2.68 bits per heavy atom. The molecular formula is C20H20Cl2N2Zr. The van der Waals surface area contributed by atoms with Gasteiger partial charge in [-0.3, -0.25) is 10.8 Å². The van der Waals surface area contributed by atoms with Crippen LogP contribution in [0.1, 0.15) is 26.2 Å². The van der Waals surface area contributed by atoms with Gasteiger partial charge in [-0.15, -0.1) is 47.5 Å². The summed E-state index contributed by atoms with van der Waals surface area (Å²) in [5.41, 5.74) is 2.52. The van der Waals surface area contributed by atoms with Crippen molar-refractivity contribution >= 4 is 27.8 Å². The molecule has 0 aliphatic heterocycles. The first-order valence-electron chi connectivity index (χ1n) is 8.16. The van der Waals surface area contributed by atoms with Gasteiger partial charge in [0.1, 0.15) is 0 Å². The van der Waals surface area contributed by atoms with Crippen LogP contribution in [0.5, 0.6) is 0 Å². The summed E-state index contributed by atoms with van der Waals surface area (Å²) < 4.78 is 1.88. The molecule has 5 heteroatoms. The van der Waals surface area contributed by atoms with E-state index in [0.29, 0.717) is 0 Å². The van der Waals surface area contributed by atoms with Gasteiger partial charge in [-0.05, 0) is 11.8 Å². The number of nitrogens with zero attached hydrogens (tertiary/aromatic N) is 2. The Hall–Kier alpha value is -1.02. The minimum absolute atomic E-state index is 0.826. The van der Waals surface area contributed by atoms with E-state index in [0.717, 1.165) is 12.1 Å². The van der Waals surface area contributed by atoms with E-state index in [1.807, 2.05) is 16.9 Å². The van der Waals surface area contributed by atoms with Crippen molar-refractivity contribution in [2.24, 2.45) is 0 Å². The van der Waals surface area contributed by atoms with Gasteiger partial charge in [-0.2, -0.15) is 11.2 Å². The third kappa shape index (κ3) is 6.66. The zero-order chi connectivity index (χ0) is 17.9. The van der Waals surface area contributed by atoms with E-state index in [1.54, 1.807) is 6.20 Å². The number of benzene rings is 1. The van der Waals surface area contributed by atoms with Crippen molar-refractivity contribution in [3.05, 3.63) is 78.7 Å². The number of rotatable bonds is 3. The van der Waals surface area contributed by atoms with Gasteiger partial charge in [0.2, 0.25) is 0 Å². The monoisotopic (exact) mass is 448 g/mol. The molecule has 0 saturated carbocycles. The van der Waals surface area contributed by atoms with E-state index < -0.39 is 20.8 Å². The Morgan fingerprint density at radius 2 is 2.08 bits per heavy atom. The third-order valence-corrected chi connectivity index (χ3v) is 3.66. The van der Waals surface area contributed by atoms with Crippen molar-refractivity contribution < 1.29 is 20.8 Å². The van der Waals surface area contributed by atoms with Gasteiger partial charge in [-0.1, -0.05) is 25.8 Å². The smallest absolute Gasteiger partial charge is 0.0493 e. The summed E-state index contributed by atoms with van der Waals surface area (Å²) >= 11 is -0.826. The van der Waals surface area contributed by atoms with Crippen LogP contribution in [0, 0.1) is 6.08 Å². The fourth-order valence-corrected chi connectivity index (χ4v) is 2.58. The van der Waals surface area contributed by atoms with Crippen LogP contribution in [0.4, 0.5) is 0 Å². The van der Waals surface area contributed by atoms with Crippen molar-refractivity contribution in [1.82, 2.24) is 9.78 Å². The predicted molar refractivity (Wildman–Crippen MR) is 104 cm³/mol. The Kier molecular flexibility index (Phi) is 9.39. The summed E-state index contributed by atoms with van der Waals surface area (Å²) in [4.78, 5) is 0. The van der Waals surface area contributed by atoms with Crippen molar-refractivity contribution in [2.75, 3.05) is 0 Å². The molecule has 1 aliphatic rings. The van der Waals surface area contributed by atoms with Crippen LogP contribution in [0.2, 0.25) is 0 Å². The average molecular weight is 451 g/mol. The summed E-state index contributed by atoms with van der Waals surface area (Å²) in [5, 5.41) is 6.72. The molecule has 3 aromatic rings. The van der Waals surface area contributed by atoms with Gasteiger partial charge >= 0.3 is 37.9 Å². The Balaban J connectivity index is 0.000000175. The van der Waals surface area contributed by atoms with Crippen LogP contribution in [-0.2, 0) is 20.8 Å². The molecule has 0 bridgehead atoms. The Bertz CT molecular complexity index is 771. The molecule has 0 amide bonds. The summed E-state index contributed by atoms with van der Waals surface area (Å²) in [6.45, 7) is 2.20. The molecule has 25 heavy (non-hydrogen) atoms. The van der Waals surface area contributed by atoms with Crippen LogP contribution in [0.3, 0.4) is 0 Å². The summed E-state index contributed by atoms with van der Waals surface area (Å²) in [6.07, 6.45) is 14.8. The Morgan fingerprint density at radius 1 is 1.28 bits per heavy atom. The third-order valence-electron chi connectivity index (χ3n) is 3.66. The fraction of sp³-hybridized carbons (Fsp3) is 0.200. The van der Waals surface area contributed by atoms with Crippen LogP contribution in [-0.4, -0.2) is 9.78 Å². The van der Waals surface area contributed by atoms with E-state index in [9.17, 15) is 0 Å². The summed E-state index contributed by atoms with van der Waals surface area (Å²) in [7, 11) is 9.87. The van der Waals surface area contributed by atoms with Gasteiger partial charge in [0.15, 0.2) is 0 Å². The summed E-state index contributed by atoms with van der Waals surface area (Å²) in [5.74, 6) is 0. The number of halogens is 2. The quantitative estimate of drug-likeness (QED) is 0.411. The maximum Gasteiger partial charge on any atom is 0.0493 e. The van der Waals surface area contributed by atoms with E-state index in [4.69, 9.17) is 17.0 Å². The number of hydrogen-bond donors (Lipinski definition) is 0. The maximum atomic E-state index is 4.93. The number of aromatic nitrogens is 2. The molecule has 0 atom stereocenters. The van der Waals surface area contributed by atoms with Gasteiger partial charge in [0.05, 0.1) is 0 Å². The second kappa shape index (κ2) is 11.6. The van der Waals surface area contributed by atoms with Crippen LogP contribution in [0.25, 0.3) is 16.5 Å². The molecule has 0 fully saturated rings. The standard InChI is InChI=1S/C12H9N2.C8H11.2ClH.Zr/c1-2-5-11-9-12(8-10(11)4-1)14-7-3-6-13-14;1-2-5-8-6-3-4-7-8;;;/h1-9H;3,6H,2,4-5H2,1H3;2*1H;/q2*-1;;;+4/p-2. The number of allylic oxidation sites excluding steroid dienone is 4. The molecule has 1 aliphatic carbocycles. The largest absolute Gasteiger partial charge is 0.260 e. The van der Waals surface area contributed by atoms with E-state index in [1.165, 1.54) is 29.2 Å². The van der Waals surface area contributed by atoms with E-state index in [-0.39, 0.29) is 0 Å². The van der Waals surface area contributed by atoms with Gasteiger partial charge < -0.3 is 0 Å². The second-order valence-corrected chi connectivity index (χ2v) is 9.15. The molecule has 1 heterocycles. The van der Waals surface area contributed by atoms with Crippen molar-refractivity contribution in [3.63, 3.8) is 0 Å². The molecule has 2 nitrogen and oxygen atoms in total. The SMILES string of the molecule is CCCC1=[C-]CC=C1.[Cl][Zr+2][Cl].c1ccc2[cH-]c(-n3cccn3)cc2c1. The first-order valence-corrected chi connectivity index (χ1v) is 14.5. The zero-order valence-electron chi connectivity index (χ0n) is 14.1. The van der Waals surface area contributed by atoms with E-state index in [2.05, 4.69) is 66.6 Å².